The van der Waals surface area contributed by atoms with Gasteiger partial charge in [-0.15, -0.1) is 0 Å². The van der Waals surface area contributed by atoms with Crippen LogP contribution in [-0.2, 0) is 18.7 Å². The van der Waals surface area contributed by atoms with Crippen LogP contribution in [0.25, 0.3) is 0 Å². The largest absolute Gasteiger partial charge is 0.469 e. The molecule has 4 rings (SSSR count). The highest BCUT2D eigenvalue weighted by Crippen LogP contribution is 2.43. The first-order chi connectivity index (χ1) is 16.3. The number of ether oxygens (including phenoxy) is 2. The van der Waals surface area contributed by atoms with Gasteiger partial charge in [0.15, 0.2) is 0 Å². The fourth-order valence-electron chi connectivity index (χ4n) is 5.99. The van der Waals surface area contributed by atoms with Crippen molar-refractivity contribution in [1.29, 1.82) is 0 Å². The summed E-state index contributed by atoms with van der Waals surface area (Å²) in [4.78, 5) is 14.1. The van der Waals surface area contributed by atoms with Gasteiger partial charge in [0.25, 0.3) is 8.32 Å². The number of hydrogen-bond donors (Lipinski definition) is 0. The van der Waals surface area contributed by atoms with Gasteiger partial charge in [0.05, 0.1) is 32.8 Å². The van der Waals surface area contributed by atoms with E-state index < -0.39 is 8.32 Å². The summed E-state index contributed by atoms with van der Waals surface area (Å²) in [5, 5.41) is 2.60. The Labute approximate surface area is 205 Å². The van der Waals surface area contributed by atoms with Gasteiger partial charge in [0.2, 0.25) is 0 Å². The summed E-state index contributed by atoms with van der Waals surface area (Å²) in [5.41, 5.74) is 0.00297. The van der Waals surface area contributed by atoms with Gasteiger partial charge in [-0.05, 0) is 41.2 Å². The molecule has 2 aliphatic rings. The Morgan fingerprint density at radius 1 is 1.06 bits per heavy atom. The van der Waals surface area contributed by atoms with E-state index in [9.17, 15) is 4.79 Å². The highest BCUT2D eigenvalue weighted by molar-refractivity contribution is 6.99. The molecule has 0 amide bonds. The highest BCUT2D eigenvalue weighted by atomic mass is 28.4. The van der Waals surface area contributed by atoms with Gasteiger partial charge < -0.3 is 13.9 Å². The molecule has 2 fully saturated rings. The summed E-state index contributed by atoms with van der Waals surface area (Å²) < 4.78 is 18.2. The second kappa shape index (κ2) is 10.3. The summed E-state index contributed by atoms with van der Waals surface area (Å²) in [7, 11) is -1.16. The average Bonchev–Trinajstić information content (AvgIpc) is 3.37. The lowest BCUT2D eigenvalue weighted by molar-refractivity contribution is -0.142. The first-order valence-corrected chi connectivity index (χ1v) is 14.4. The van der Waals surface area contributed by atoms with Crippen LogP contribution in [0.15, 0.2) is 60.7 Å². The molecule has 2 saturated heterocycles. The summed E-state index contributed by atoms with van der Waals surface area (Å²) in [5.74, 6) is -0.219. The van der Waals surface area contributed by atoms with Crippen LogP contribution in [0.5, 0.6) is 0 Å². The van der Waals surface area contributed by atoms with Crippen molar-refractivity contribution >= 4 is 24.7 Å². The van der Waals surface area contributed by atoms with E-state index in [4.69, 9.17) is 13.9 Å². The molecule has 0 radical (unpaired) electrons. The van der Waals surface area contributed by atoms with E-state index in [1.54, 1.807) is 0 Å². The standard InChI is InChI=1S/C28H39NO4Si/c1-27(2,3)34(24-12-7-5-8-13-24,25-14-9-6-10-15-25)33-22-28-17-11-18-29(28)21-23(20-28)32-19-16-26(30)31-4/h5-10,12-15,23H,11,16-22H2,1-4H3/t23-,28-/m1/s1. The first-order valence-electron chi connectivity index (χ1n) is 12.5. The Hall–Kier alpha value is -1.99. The van der Waals surface area contributed by atoms with Crippen molar-refractivity contribution < 1.29 is 18.7 Å². The number of esters is 1. The van der Waals surface area contributed by atoms with E-state index in [-0.39, 0.29) is 22.7 Å². The number of carbonyl (C=O) groups excluding carboxylic acids is 1. The molecule has 0 bridgehead atoms. The zero-order valence-corrected chi connectivity index (χ0v) is 22.1. The van der Waals surface area contributed by atoms with Crippen LogP contribution in [0.2, 0.25) is 5.04 Å². The average molecular weight is 482 g/mol. The third-order valence-corrected chi connectivity index (χ3v) is 12.6. The number of carbonyl (C=O) groups is 1. The maximum atomic E-state index is 11.5. The van der Waals surface area contributed by atoms with Crippen molar-refractivity contribution in [3.05, 3.63) is 60.7 Å². The Balaban J connectivity index is 1.60. The van der Waals surface area contributed by atoms with Gasteiger partial charge in [0, 0.05) is 12.1 Å². The molecule has 2 aromatic rings. The van der Waals surface area contributed by atoms with Crippen molar-refractivity contribution in [1.82, 2.24) is 4.90 Å². The molecule has 2 heterocycles. The van der Waals surface area contributed by atoms with Crippen molar-refractivity contribution in [2.45, 2.75) is 63.1 Å². The highest BCUT2D eigenvalue weighted by Gasteiger charge is 2.54. The van der Waals surface area contributed by atoms with Crippen molar-refractivity contribution in [2.75, 3.05) is 33.4 Å². The minimum atomic E-state index is -2.58. The van der Waals surface area contributed by atoms with Gasteiger partial charge in [-0.3, -0.25) is 9.69 Å². The predicted octanol–water partition coefficient (Wildman–Crippen LogP) is 3.75. The second-order valence-electron chi connectivity index (χ2n) is 10.7. The molecule has 0 aromatic heterocycles. The van der Waals surface area contributed by atoms with Crippen LogP contribution in [-0.4, -0.2) is 64.2 Å². The van der Waals surface area contributed by atoms with E-state index >= 15 is 0 Å². The molecular weight excluding hydrogens is 442 g/mol. The van der Waals surface area contributed by atoms with Crippen LogP contribution in [0.1, 0.15) is 46.5 Å². The SMILES string of the molecule is COC(=O)CCO[C@H]1CN2CCC[C@]2(CO[Si](c2ccccc2)(c2ccccc2)C(C)(C)C)C1. The minimum absolute atomic E-state index is 0.00297. The molecule has 2 atom stereocenters. The number of rotatable bonds is 9. The summed E-state index contributed by atoms with van der Waals surface area (Å²) >= 11 is 0. The topological polar surface area (TPSA) is 48.0 Å². The van der Waals surface area contributed by atoms with Gasteiger partial charge >= 0.3 is 5.97 Å². The Kier molecular flexibility index (Phi) is 7.62. The Bertz CT molecular complexity index is 906. The van der Waals surface area contributed by atoms with Crippen LogP contribution in [0.3, 0.4) is 0 Å². The van der Waals surface area contributed by atoms with Crippen molar-refractivity contribution in [2.24, 2.45) is 0 Å². The molecule has 34 heavy (non-hydrogen) atoms. The van der Waals surface area contributed by atoms with Gasteiger partial charge in [-0.1, -0.05) is 81.4 Å². The second-order valence-corrected chi connectivity index (χ2v) is 15.1. The normalized spacial score (nSPS) is 23.1. The van der Waals surface area contributed by atoms with Crippen LogP contribution >= 0.6 is 0 Å². The van der Waals surface area contributed by atoms with Gasteiger partial charge in [-0.2, -0.15) is 0 Å². The van der Waals surface area contributed by atoms with Crippen LogP contribution < -0.4 is 10.4 Å². The Morgan fingerprint density at radius 2 is 1.68 bits per heavy atom. The van der Waals surface area contributed by atoms with E-state index in [0.29, 0.717) is 19.6 Å². The molecular formula is C28H39NO4Si. The van der Waals surface area contributed by atoms with E-state index in [2.05, 4.69) is 86.3 Å². The number of fused-ring (bicyclic) bond motifs is 1. The van der Waals surface area contributed by atoms with Crippen molar-refractivity contribution in [3.8, 4) is 0 Å². The van der Waals surface area contributed by atoms with Gasteiger partial charge in [0.1, 0.15) is 0 Å². The molecule has 0 unspecified atom stereocenters. The molecule has 0 saturated carbocycles. The first kappa shape index (κ1) is 25.1. The molecule has 2 aliphatic heterocycles. The maximum Gasteiger partial charge on any atom is 0.307 e. The molecule has 6 heteroatoms. The van der Waals surface area contributed by atoms with Crippen molar-refractivity contribution in [3.63, 3.8) is 0 Å². The molecule has 0 spiro atoms. The monoisotopic (exact) mass is 481 g/mol. The lowest BCUT2D eigenvalue weighted by Gasteiger charge is -2.45. The number of benzene rings is 2. The summed E-state index contributed by atoms with van der Waals surface area (Å²) in [6, 6.07) is 21.7. The smallest absolute Gasteiger partial charge is 0.307 e. The fourth-order valence-corrected chi connectivity index (χ4v) is 10.6. The zero-order chi connectivity index (χ0) is 24.2. The number of hydrogen-bond acceptors (Lipinski definition) is 5. The lowest BCUT2D eigenvalue weighted by Crippen LogP contribution is -2.68. The number of nitrogens with zero attached hydrogens (tertiary/aromatic N) is 1. The molecule has 0 N–H and O–H groups in total. The lowest BCUT2D eigenvalue weighted by atomic mass is 9.94. The predicted molar refractivity (Wildman–Crippen MR) is 138 cm³/mol. The van der Waals surface area contributed by atoms with E-state index in [1.165, 1.54) is 23.9 Å². The fraction of sp³-hybridized carbons (Fsp3) is 0.536. The van der Waals surface area contributed by atoms with Crippen LogP contribution in [0, 0.1) is 0 Å². The molecule has 2 aromatic carbocycles. The molecule has 5 nitrogen and oxygen atoms in total. The van der Waals surface area contributed by atoms with E-state index in [1.807, 2.05) is 0 Å². The third-order valence-electron chi connectivity index (χ3n) is 7.63. The number of methoxy groups -OCH3 is 1. The van der Waals surface area contributed by atoms with E-state index in [0.717, 1.165) is 25.9 Å². The summed E-state index contributed by atoms with van der Waals surface area (Å²) in [6.07, 6.45) is 3.71. The minimum Gasteiger partial charge on any atom is -0.469 e. The van der Waals surface area contributed by atoms with Gasteiger partial charge in [-0.25, -0.2) is 0 Å². The zero-order valence-electron chi connectivity index (χ0n) is 21.1. The molecule has 0 aliphatic carbocycles. The quantitative estimate of drug-likeness (QED) is 0.403. The van der Waals surface area contributed by atoms with Crippen LogP contribution in [0.4, 0.5) is 0 Å². The maximum absolute atomic E-state index is 11.5. The Morgan fingerprint density at radius 3 is 2.24 bits per heavy atom. The summed E-state index contributed by atoms with van der Waals surface area (Å²) in [6.45, 7) is 10.1. The third kappa shape index (κ3) is 4.87. The molecule has 184 valence electrons.